The highest BCUT2D eigenvalue weighted by atomic mass is 35.5. The molecule has 1 aromatic carbocycles. The topological polar surface area (TPSA) is 50.9 Å². The highest BCUT2D eigenvalue weighted by Crippen LogP contribution is 2.37. The normalized spacial score (nSPS) is 13.9. The highest BCUT2D eigenvalue weighted by Gasteiger charge is 2.38. The Morgan fingerprint density at radius 2 is 2.12 bits per heavy atom. The third-order valence-corrected chi connectivity index (χ3v) is 2.74. The first-order valence-corrected chi connectivity index (χ1v) is 5.27. The number of halogens is 3. The van der Waals surface area contributed by atoms with Crippen LogP contribution in [0.1, 0.15) is 11.6 Å². The van der Waals surface area contributed by atoms with Gasteiger partial charge >= 0.3 is 5.38 Å². The molecule has 0 aliphatic rings. The lowest BCUT2D eigenvalue weighted by Crippen LogP contribution is -2.37. The number of benzene rings is 1. The summed E-state index contributed by atoms with van der Waals surface area (Å²) in [6.07, 6.45) is 3.13. The average Bonchev–Trinajstić information content (AvgIpc) is 2.28. The van der Waals surface area contributed by atoms with Crippen molar-refractivity contribution in [3.63, 3.8) is 0 Å². The molecule has 0 saturated heterocycles. The van der Waals surface area contributed by atoms with Gasteiger partial charge in [0.25, 0.3) is 0 Å². The van der Waals surface area contributed by atoms with Crippen molar-refractivity contribution in [2.24, 2.45) is 5.84 Å². The van der Waals surface area contributed by atoms with Crippen LogP contribution in [0.5, 0.6) is 0 Å². The Bertz CT molecular complexity index is 522. The minimum absolute atomic E-state index is 0.340. The molecule has 1 heterocycles. The fourth-order valence-corrected chi connectivity index (χ4v) is 1.94. The van der Waals surface area contributed by atoms with Crippen LogP contribution < -0.4 is 11.3 Å². The molecule has 90 valence electrons. The maximum atomic E-state index is 13.2. The Morgan fingerprint density at radius 1 is 1.35 bits per heavy atom. The molecule has 17 heavy (non-hydrogen) atoms. The maximum Gasteiger partial charge on any atom is 0.342 e. The van der Waals surface area contributed by atoms with Gasteiger partial charge < -0.3 is 0 Å². The van der Waals surface area contributed by atoms with Crippen molar-refractivity contribution in [1.29, 1.82) is 0 Å². The van der Waals surface area contributed by atoms with Gasteiger partial charge in [-0.3, -0.25) is 10.8 Å². The van der Waals surface area contributed by atoms with Gasteiger partial charge in [-0.1, -0.05) is 18.2 Å². The van der Waals surface area contributed by atoms with E-state index in [0.29, 0.717) is 10.9 Å². The van der Waals surface area contributed by atoms with Crippen LogP contribution >= 0.6 is 11.6 Å². The van der Waals surface area contributed by atoms with Gasteiger partial charge in [0.05, 0.1) is 0 Å². The van der Waals surface area contributed by atoms with Crippen molar-refractivity contribution in [2.45, 2.75) is 11.4 Å². The standard InChI is InChI=1S/C11H10ClF2N3/c12-11(13,14)10(17-15)9-3-1-2-7-6-16-5-4-8(7)9/h1-6,10,17H,15H2. The van der Waals surface area contributed by atoms with Crippen molar-refractivity contribution in [2.75, 3.05) is 0 Å². The molecule has 2 rings (SSSR count). The van der Waals surface area contributed by atoms with E-state index in [4.69, 9.17) is 17.4 Å². The lowest BCUT2D eigenvalue weighted by molar-refractivity contribution is 0.0503. The van der Waals surface area contributed by atoms with E-state index in [2.05, 4.69) is 4.98 Å². The number of hydrazine groups is 1. The van der Waals surface area contributed by atoms with Crippen LogP contribution in [-0.4, -0.2) is 10.4 Å². The fourth-order valence-electron chi connectivity index (χ4n) is 1.76. The zero-order chi connectivity index (χ0) is 12.5. The monoisotopic (exact) mass is 257 g/mol. The zero-order valence-corrected chi connectivity index (χ0v) is 9.46. The Kier molecular flexibility index (Phi) is 3.24. The number of alkyl halides is 3. The maximum absolute atomic E-state index is 13.2. The lowest BCUT2D eigenvalue weighted by atomic mass is 10.0. The van der Waals surface area contributed by atoms with Crippen molar-refractivity contribution in [1.82, 2.24) is 10.4 Å². The molecule has 3 nitrogen and oxygen atoms in total. The van der Waals surface area contributed by atoms with Gasteiger partial charge in [0, 0.05) is 17.8 Å². The third kappa shape index (κ3) is 2.36. The number of hydrogen-bond donors (Lipinski definition) is 2. The van der Waals surface area contributed by atoms with Crippen LogP contribution in [-0.2, 0) is 0 Å². The van der Waals surface area contributed by atoms with E-state index in [0.717, 1.165) is 5.39 Å². The molecule has 1 unspecified atom stereocenters. The van der Waals surface area contributed by atoms with Gasteiger partial charge in [0.1, 0.15) is 6.04 Å². The van der Waals surface area contributed by atoms with Gasteiger partial charge in [0.2, 0.25) is 0 Å². The number of fused-ring (bicyclic) bond motifs is 1. The second-order valence-electron chi connectivity index (χ2n) is 3.59. The van der Waals surface area contributed by atoms with Crippen LogP contribution in [0.15, 0.2) is 36.7 Å². The molecule has 0 saturated carbocycles. The van der Waals surface area contributed by atoms with Crippen LogP contribution in [0.3, 0.4) is 0 Å². The molecule has 0 aliphatic heterocycles. The Hall–Kier alpha value is -1.30. The summed E-state index contributed by atoms with van der Waals surface area (Å²) >= 11 is 5.04. The van der Waals surface area contributed by atoms with Crippen LogP contribution in [0.4, 0.5) is 8.78 Å². The lowest BCUT2D eigenvalue weighted by Gasteiger charge is -2.22. The molecular weight excluding hydrogens is 248 g/mol. The molecule has 0 fully saturated rings. The van der Waals surface area contributed by atoms with E-state index in [9.17, 15) is 8.78 Å². The van der Waals surface area contributed by atoms with E-state index in [1.54, 1.807) is 30.5 Å². The molecule has 6 heteroatoms. The molecule has 0 amide bonds. The predicted molar refractivity (Wildman–Crippen MR) is 62.6 cm³/mol. The summed E-state index contributed by atoms with van der Waals surface area (Å²) in [5, 5.41) is -2.07. The van der Waals surface area contributed by atoms with Crippen LogP contribution in [0, 0.1) is 0 Å². The average molecular weight is 258 g/mol. The Morgan fingerprint density at radius 3 is 2.76 bits per heavy atom. The van der Waals surface area contributed by atoms with Gasteiger partial charge in [-0.2, -0.15) is 8.78 Å². The summed E-state index contributed by atoms with van der Waals surface area (Å²) in [4.78, 5) is 3.93. The largest absolute Gasteiger partial charge is 0.342 e. The first-order valence-electron chi connectivity index (χ1n) is 4.89. The molecule has 0 aliphatic carbocycles. The number of rotatable bonds is 3. The van der Waals surface area contributed by atoms with E-state index >= 15 is 0 Å². The van der Waals surface area contributed by atoms with Gasteiger partial charge in [-0.15, -0.1) is 0 Å². The smallest absolute Gasteiger partial charge is 0.271 e. The van der Waals surface area contributed by atoms with E-state index in [-0.39, 0.29) is 0 Å². The zero-order valence-electron chi connectivity index (χ0n) is 8.70. The SMILES string of the molecule is NNC(c1cccc2cnccc12)C(F)(F)Cl. The van der Waals surface area contributed by atoms with E-state index in [1.165, 1.54) is 6.20 Å². The Labute approximate surface area is 102 Å². The molecular formula is C11H10ClF2N3. The number of aromatic nitrogens is 1. The van der Waals surface area contributed by atoms with Crippen molar-refractivity contribution >= 4 is 22.4 Å². The summed E-state index contributed by atoms with van der Waals surface area (Å²) in [6, 6.07) is 5.20. The first kappa shape index (κ1) is 12.2. The number of nitrogens with two attached hydrogens (primary N) is 1. The van der Waals surface area contributed by atoms with E-state index in [1.807, 2.05) is 5.43 Å². The number of hydrogen-bond acceptors (Lipinski definition) is 3. The summed E-state index contributed by atoms with van der Waals surface area (Å²) in [7, 11) is 0. The molecule has 2 aromatic rings. The van der Waals surface area contributed by atoms with Crippen LogP contribution in [0.25, 0.3) is 10.8 Å². The second kappa shape index (κ2) is 4.52. The van der Waals surface area contributed by atoms with Crippen molar-refractivity contribution < 1.29 is 8.78 Å². The van der Waals surface area contributed by atoms with Gasteiger partial charge in [-0.25, -0.2) is 5.43 Å². The number of nitrogens with one attached hydrogen (secondary N) is 1. The van der Waals surface area contributed by atoms with Crippen molar-refractivity contribution in [3.05, 3.63) is 42.2 Å². The minimum atomic E-state index is -3.47. The second-order valence-corrected chi connectivity index (χ2v) is 4.09. The van der Waals surface area contributed by atoms with Gasteiger partial charge in [-0.05, 0) is 28.6 Å². The third-order valence-electron chi connectivity index (χ3n) is 2.52. The molecule has 3 N–H and O–H groups in total. The van der Waals surface area contributed by atoms with E-state index < -0.39 is 11.4 Å². The van der Waals surface area contributed by atoms with Crippen molar-refractivity contribution in [3.8, 4) is 0 Å². The summed E-state index contributed by atoms with van der Waals surface area (Å²) in [5.41, 5.74) is 2.39. The molecule has 0 spiro atoms. The minimum Gasteiger partial charge on any atom is -0.271 e. The fraction of sp³-hybridized carbons (Fsp3) is 0.182. The summed E-state index contributed by atoms with van der Waals surface area (Å²) in [5.74, 6) is 5.15. The summed E-state index contributed by atoms with van der Waals surface area (Å²) in [6.45, 7) is 0. The Balaban J connectivity index is 2.62. The highest BCUT2D eigenvalue weighted by molar-refractivity contribution is 6.22. The molecule has 1 atom stereocenters. The number of nitrogens with zero attached hydrogens (tertiary/aromatic N) is 1. The molecule has 0 bridgehead atoms. The molecule has 1 aromatic heterocycles. The van der Waals surface area contributed by atoms with Gasteiger partial charge in [0.15, 0.2) is 0 Å². The molecule has 0 radical (unpaired) electrons. The first-order chi connectivity index (χ1) is 8.04. The number of pyridine rings is 1. The van der Waals surface area contributed by atoms with Crippen LogP contribution in [0.2, 0.25) is 0 Å². The quantitative estimate of drug-likeness (QED) is 0.505. The predicted octanol–water partition coefficient (Wildman–Crippen LogP) is 2.57. The summed E-state index contributed by atoms with van der Waals surface area (Å²) < 4.78 is 26.4.